The third kappa shape index (κ3) is 6.70. The second kappa shape index (κ2) is 12.0. The highest BCUT2D eigenvalue weighted by atomic mass is 19.4. The van der Waals surface area contributed by atoms with Crippen molar-refractivity contribution in [3.8, 4) is 22.5 Å². The number of nitrogens with zero attached hydrogens (tertiary/aromatic N) is 6. The van der Waals surface area contributed by atoms with Crippen molar-refractivity contribution < 1.29 is 22.4 Å². The highest BCUT2D eigenvalue weighted by molar-refractivity contribution is 6.06. The molecule has 0 saturated carbocycles. The lowest BCUT2D eigenvalue weighted by Crippen LogP contribution is -2.34. The van der Waals surface area contributed by atoms with Gasteiger partial charge in [0.15, 0.2) is 11.5 Å². The van der Waals surface area contributed by atoms with E-state index in [1.54, 1.807) is 47.5 Å². The molecule has 0 fully saturated rings. The minimum absolute atomic E-state index is 0.158. The van der Waals surface area contributed by atoms with Crippen LogP contribution in [0, 0.1) is 18.7 Å². The summed E-state index contributed by atoms with van der Waals surface area (Å²) in [6.45, 7) is 4.91. The smallest absolute Gasteiger partial charge is 0.319 e. The number of rotatable bonds is 9. The van der Waals surface area contributed by atoms with E-state index in [0.29, 0.717) is 50.5 Å². The highest BCUT2D eigenvalue weighted by Crippen LogP contribution is 2.34. The van der Waals surface area contributed by atoms with Gasteiger partial charge in [0.1, 0.15) is 24.3 Å². The Hall–Kier alpha value is -4.85. The van der Waals surface area contributed by atoms with Crippen LogP contribution in [0.5, 0.6) is 0 Å². The molecule has 2 N–H and O–H groups in total. The predicted molar refractivity (Wildman–Crippen MR) is 157 cm³/mol. The number of aryl methyl sites for hydroxylation is 2. The fraction of sp³-hybridized carbons (Fsp3) is 0.300. The van der Waals surface area contributed by atoms with Gasteiger partial charge in [-0.1, -0.05) is 19.9 Å². The van der Waals surface area contributed by atoms with E-state index >= 15 is 0 Å². The van der Waals surface area contributed by atoms with Gasteiger partial charge in [-0.25, -0.2) is 9.37 Å². The lowest BCUT2D eigenvalue weighted by Gasteiger charge is -2.16. The summed E-state index contributed by atoms with van der Waals surface area (Å²) < 4.78 is 58.2. The Morgan fingerprint density at radius 2 is 1.84 bits per heavy atom. The van der Waals surface area contributed by atoms with Crippen LogP contribution in [0.4, 0.5) is 23.2 Å². The van der Waals surface area contributed by atoms with Gasteiger partial charge >= 0.3 is 6.18 Å². The summed E-state index contributed by atoms with van der Waals surface area (Å²) in [5.74, 6) is -0.705. The Morgan fingerprint density at radius 1 is 1.07 bits per heavy atom. The standard InChI is InChI=1S/C30H30F4N8O2/c1-17(2)10-35-11-19-7-24(29(44)42(13-19)15-30(32,33)34)28(43)38-25-8-20(14-41-12-18(3)37-27(25)41)22-6-5-21(31)9-23(22)26-39-36-16-40(26)4/h5-9,12-14,16-17,35H,10-11,15H2,1-4H3,(H,38,43). The number of aromatic nitrogens is 6. The Labute approximate surface area is 249 Å². The molecule has 1 amide bonds. The minimum atomic E-state index is -4.68. The minimum Gasteiger partial charge on any atom is -0.319 e. The fourth-order valence-electron chi connectivity index (χ4n) is 4.90. The van der Waals surface area contributed by atoms with Crippen LogP contribution in [0.15, 0.2) is 60.0 Å². The van der Waals surface area contributed by atoms with Gasteiger partial charge in [-0.2, -0.15) is 13.2 Å². The first-order valence-electron chi connectivity index (χ1n) is 13.7. The third-order valence-electron chi connectivity index (χ3n) is 6.78. The van der Waals surface area contributed by atoms with Crippen LogP contribution in [0.2, 0.25) is 0 Å². The maximum absolute atomic E-state index is 14.4. The molecule has 14 heteroatoms. The Kier molecular flexibility index (Phi) is 8.37. The molecule has 0 saturated heterocycles. The molecule has 5 rings (SSSR count). The number of halogens is 4. The first-order valence-corrected chi connectivity index (χ1v) is 13.7. The summed E-state index contributed by atoms with van der Waals surface area (Å²) in [6.07, 6.45) is 1.38. The van der Waals surface area contributed by atoms with Crippen LogP contribution < -0.4 is 16.2 Å². The van der Waals surface area contributed by atoms with Crippen molar-refractivity contribution in [2.24, 2.45) is 13.0 Å². The quantitative estimate of drug-likeness (QED) is 0.228. The van der Waals surface area contributed by atoms with Gasteiger partial charge in [0.25, 0.3) is 11.5 Å². The summed E-state index contributed by atoms with van der Waals surface area (Å²) in [5.41, 5.74) is 1.52. The van der Waals surface area contributed by atoms with Gasteiger partial charge in [0, 0.05) is 43.3 Å². The molecule has 1 aromatic carbocycles. The SMILES string of the molecule is Cc1cn2cc(-c3ccc(F)cc3-c3nncn3C)cc(NC(=O)c3cc(CNCC(C)C)cn(CC(F)(F)F)c3=O)c2n1. The third-order valence-corrected chi connectivity index (χ3v) is 6.78. The van der Waals surface area contributed by atoms with Crippen LogP contribution in [0.3, 0.4) is 0 Å². The van der Waals surface area contributed by atoms with E-state index < -0.39 is 35.6 Å². The Balaban J connectivity index is 1.59. The molecule has 10 nitrogen and oxygen atoms in total. The van der Waals surface area contributed by atoms with Crippen molar-refractivity contribution in [2.45, 2.75) is 40.0 Å². The van der Waals surface area contributed by atoms with Crippen molar-refractivity contribution in [1.82, 2.24) is 34.0 Å². The van der Waals surface area contributed by atoms with E-state index in [2.05, 4.69) is 25.8 Å². The number of alkyl halides is 3. The average Bonchev–Trinajstić information content (AvgIpc) is 3.53. The first-order chi connectivity index (χ1) is 20.8. The molecular formula is C30H30F4N8O2. The van der Waals surface area contributed by atoms with Gasteiger partial charge in [-0.3, -0.25) is 9.59 Å². The molecule has 0 unspecified atom stereocenters. The number of anilines is 1. The molecule has 0 radical (unpaired) electrons. The second-order valence-electron chi connectivity index (χ2n) is 11.0. The number of carbonyl (C=O) groups is 1. The van der Waals surface area contributed by atoms with Crippen molar-refractivity contribution in [2.75, 3.05) is 11.9 Å². The molecule has 0 bridgehead atoms. The zero-order valence-electron chi connectivity index (χ0n) is 24.4. The molecule has 0 atom stereocenters. The van der Waals surface area contributed by atoms with Gasteiger partial charge in [-0.05, 0) is 54.8 Å². The number of carbonyl (C=O) groups excluding carboxylic acids is 1. The molecule has 4 aromatic heterocycles. The second-order valence-corrected chi connectivity index (χ2v) is 11.0. The predicted octanol–water partition coefficient (Wildman–Crippen LogP) is 4.97. The van der Waals surface area contributed by atoms with Gasteiger partial charge in [0.05, 0.1) is 11.4 Å². The lowest BCUT2D eigenvalue weighted by atomic mass is 9.99. The van der Waals surface area contributed by atoms with Crippen molar-refractivity contribution in [3.63, 3.8) is 0 Å². The molecule has 0 aliphatic carbocycles. The van der Waals surface area contributed by atoms with Gasteiger partial charge < -0.3 is 24.2 Å². The number of benzene rings is 1. The summed E-state index contributed by atoms with van der Waals surface area (Å²) in [7, 11) is 1.72. The zero-order valence-corrected chi connectivity index (χ0v) is 24.4. The first kappa shape index (κ1) is 30.6. The number of fused-ring (bicyclic) bond motifs is 1. The Bertz CT molecular complexity index is 1910. The number of nitrogens with one attached hydrogen (secondary N) is 2. The normalized spacial score (nSPS) is 11.9. The van der Waals surface area contributed by atoms with Crippen LogP contribution in [-0.2, 0) is 20.1 Å². The average molecular weight is 611 g/mol. The van der Waals surface area contributed by atoms with Crippen molar-refractivity contribution in [3.05, 3.63) is 88.2 Å². The monoisotopic (exact) mass is 610 g/mol. The summed E-state index contributed by atoms with van der Waals surface area (Å²) in [6, 6.07) is 7.08. The molecule has 4 heterocycles. The molecule has 230 valence electrons. The summed E-state index contributed by atoms with van der Waals surface area (Å²) in [5, 5.41) is 13.8. The van der Waals surface area contributed by atoms with Gasteiger partial charge in [-0.15, -0.1) is 10.2 Å². The number of hydrogen-bond acceptors (Lipinski definition) is 6. The highest BCUT2D eigenvalue weighted by Gasteiger charge is 2.30. The van der Waals surface area contributed by atoms with Crippen molar-refractivity contribution in [1.29, 1.82) is 0 Å². The summed E-state index contributed by atoms with van der Waals surface area (Å²) in [4.78, 5) is 31.2. The molecule has 44 heavy (non-hydrogen) atoms. The summed E-state index contributed by atoms with van der Waals surface area (Å²) >= 11 is 0. The fourth-order valence-corrected chi connectivity index (χ4v) is 4.90. The number of imidazole rings is 1. The Morgan fingerprint density at radius 3 is 2.52 bits per heavy atom. The van der Waals surface area contributed by atoms with E-state index in [-0.39, 0.29) is 18.2 Å². The van der Waals surface area contributed by atoms with E-state index in [1.165, 1.54) is 24.5 Å². The lowest BCUT2D eigenvalue weighted by molar-refractivity contribution is -0.141. The van der Waals surface area contributed by atoms with Crippen LogP contribution in [0.1, 0.15) is 35.5 Å². The largest absolute Gasteiger partial charge is 0.406 e. The van der Waals surface area contributed by atoms with Crippen molar-refractivity contribution >= 4 is 17.2 Å². The van der Waals surface area contributed by atoms with Crippen LogP contribution in [-0.4, -0.2) is 47.3 Å². The van der Waals surface area contributed by atoms with E-state index in [4.69, 9.17) is 0 Å². The van der Waals surface area contributed by atoms with E-state index in [9.17, 15) is 27.2 Å². The molecule has 0 aliphatic heterocycles. The van der Waals surface area contributed by atoms with E-state index in [1.807, 2.05) is 13.8 Å². The molecule has 0 spiro atoms. The molecule has 0 aliphatic rings. The zero-order chi connectivity index (χ0) is 31.8. The molecular weight excluding hydrogens is 580 g/mol. The van der Waals surface area contributed by atoms with Crippen LogP contribution in [0.25, 0.3) is 28.2 Å². The van der Waals surface area contributed by atoms with Gasteiger partial charge in [0.2, 0.25) is 0 Å². The number of pyridine rings is 2. The maximum Gasteiger partial charge on any atom is 0.406 e. The number of hydrogen-bond donors (Lipinski definition) is 2. The molecule has 5 aromatic rings. The van der Waals surface area contributed by atoms with Crippen LogP contribution >= 0.6 is 0 Å². The topological polar surface area (TPSA) is 111 Å². The maximum atomic E-state index is 14.4. The van der Waals surface area contributed by atoms with E-state index in [0.717, 1.165) is 6.20 Å². The number of amides is 1.